The minimum Gasteiger partial charge on any atom is -0.264 e. The second-order valence-corrected chi connectivity index (χ2v) is 5.15. The van der Waals surface area contributed by atoms with Gasteiger partial charge in [-0.05, 0) is 34.4 Å². The Morgan fingerprint density at radius 2 is 2.21 bits per heavy atom. The zero-order valence-electron chi connectivity index (χ0n) is 10.8. The number of aromatic nitrogens is 2. The average molecular weight is 248 g/mol. The van der Waals surface area contributed by atoms with Gasteiger partial charge in [-0.15, -0.1) is 0 Å². The first kappa shape index (κ1) is 10.7. The molecule has 2 heteroatoms. The highest BCUT2D eigenvalue weighted by Crippen LogP contribution is 2.44. The van der Waals surface area contributed by atoms with Crippen molar-refractivity contribution in [1.82, 2.24) is 9.97 Å². The zero-order chi connectivity index (χ0) is 12.8. The summed E-state index contributed by atoms with van der Waals surface area (Å²) in [6, 6.07) is 6.29. The molecule has 2 aromatic heterocycles. The average Bonchev–Trinajstić information content (AvgIpc) is 3.01. The molecule has 19 heavy (non-hydrogen) atoms. The Kier molecular flexibility index (Phi) is 2.18. The molecule has 0 radical (unpaired) electrons. The van der Waals surface area contributed by atoms with Crippen molar-refractivity contribution in [2.24, 2.45) is 0 Å². The van der Waals surface area contributed by atoms with E-state index in [1.54, 1.807) is 0 Å². The van der Waals surface area contributed by atoms with Crippen LogP contribution in [0.25, 0.3) is 11.6 Å². The summed E-state index contributed by atoms with van der Waals surface area (Å²) in [6.07, 6.45) is 11.3. The number of hydrogen-bond acceptors (Lipinski definition) is 2. The molecule has 94 valence electrons. The molecule has 2 nitrogen and oxygen atoms in total. The summed E-state index contributed by atoms with van der Waals surface area (Å²) in [4.78, 5) is 8.71. The lowest BCUT2D eigenvalue weighted by Gasteiger charge is -2.13. The van der Waals surface area contributed by atoms with Crippen molar-refractivity contribution in [1.29, 1.82) is 0 Å². The van der Waals surface area contributed by atoms with Gasteiger partial charge in [0.15, 0.2) is 0 Å². The van der Waals surface area contributed by atoms with Crippen molar-refractivity contribution in [2.45, 2.75) is 19.3 Å². The molecule has 2 heterocycles. The van der Waals surface area contributed by atoms with E-state index in [2.05, 4.69) is 41.2 Å². The summed E-state index contributed by atoms with van der Waals surface area (Å²) in [7, 11) is 0. The van der Waals surface area contributed by atoms with Gasteiger partial charge >= 0.3 is 0 Å². The molecule has 2 aliphatic rings. The summed E-state index contributed by atoms with van der Waals surface area (Å²) in [5, 5.41) is 0. The highest BCUT2D eigenvalue weighted by Gasteiger charge is 2.27. The van der Waals surface area contributed by atoms with Gasteiger partial charge in [-0.2, -0.15) is 0 Å². The van der Waals surface area contributed by atoms with Gasteiger partial charge in [0.05, 0.1) is 5.69 Å². The molecule has 0 aromatic carbocycles. The SMILES string of the molecule is CC1C(C2=CCc3ncccc32)=Cc2ccncc21.[HH]. The summed E-state index contributed by atoms with van der Waals surface area (Å²) >= 11 is 0. The van der Waals surface area contributed by atoms with Crippen LogP contribution in [0.5, 0.6) is 0 Å². The van der Waals surface area contributed by atoms with Gasteiger partial charge < -0.3 is 0 Å². The molecular formula is C17H16N2. The van der Waals surface area contributed by atoms with Gasteiger partial charge in [0.25, 0.3) is 0 Å². The second-order valence-electron chi connectivity index (χ2n) is 5.15. The third-order valence-corrected chi connectivity index (χ3v) is 4.12. The first-order valence-electron chi connectivity index (χ1n) is 6.65. The molecular weight excluding hydrogens is 232 g/mol. The van der Waals surface area contributed by atoms with Gasteiger partial charge in [-0.3, -0.25) is 9.97 Å². The first-order chi connectivity index (χ1) is 9.34. The van der Waals surface area contributed by atoms with E-state index in [4.69, 9.17) is 0 Å². The maximum absolute atomic E-state index is 4.46. The van der Waals surface area contributed by atoms with E-state index < -0.39 is 0 Å². The molecule has 2 aliphatic carbocycles. The Hall–Kier alpha value is -2.22. The number of allylic oxidation sites excluding steroid dienone is 3. The van der Waals surface area contributed by atoms with Crippen molar-refractivity contribution in [3.05, 3.63) is 70.8 Å². The van der Waals surface area contributed by atoms with Crippen molar-refractivity contribution in [2.75, 3.05) is 0 Å². The highest BCUT2D eigenvalue weighted by molar-refractivity contribution is 5.91. The molecule has 1 atom stereocenters. The maximum Gasteiger partial charge on any atom is 0.0519 e. The topological polar surface area (TPSA) is 25.8 Å². The van der Waals surface area contributed by atoms with Crippen molar-refractivity contribution < 1.29 is 1.43 Å². The fraction of sp³-hybridized carbons (Fsp3) is 0.176. The second kappa shape index (κ2) is 3.89. The lowest BCUT2D eigenvalue weighted by atomic mass is 9.91. The van der Waals surface area contributed by atoms with Gasteiger partial charge in [0.2, 0.25) is 0 Å². The number of pyridine rings is 2. The van der Waals surface area contributed by atoms with E-state index in [0.29, 0.717) is 5.92 Å². The summed E-state index contributed by atoms with van der Waals surface area (Å²) in [5.74, 6) is 0.418. The van der Waals surface area contributed by atoms with Gasteiger partial charge in [-0.25, -0.2) is 0 Å². The van der Waals surface area contributed by atoms with E-state index >= 15 is 0 Å². The van der Waals surface area contributed by atoms with Crippen molar-refractivity contribution >= 4 is 11.6 Å². The van der Waals surface area contributed by atoms with Crippen LogP contribution in [0.4, 0.5) is 0 Å². The molecule has 1 unspecified atom stereocenters. The Bertz CT molecular complexity index is 731. The van der Waals surface area contributed by atoms with Crippen LogP contribution in [0, 0.1) is 0 Å². The number of nitrogens with zero attached hydrogens (tertiary/aromatic N) is 2. The van der Waals surface area contributed by atoms with Crippen LogP contribution >= 0.6 is 0 Å². The third-order valence-electron chi connectivity index (χ3n) is 4.12. The Labute approximate surface area is 114 Å². The molecule has 0 fully saturated rings. The molecule has 4 rings (SSSR count). The van der Waals surface area contributed by atoms with Gasteiger partial charge in [-0.1, -0.05) is 25.1 Å². The van der Waals surface area contributed by atoms with Crippen LogP contribution < -0.4 is 0 Å². The smallest absolute Gasteiger partial charge is 0.0519 e. The van der Waals surface area contributed by atoms with Crippen LogP contribution in [0.3, 0.4) is 0 Å². The molecule has 0 amide bonds. The van der Waals surface area contributed by atoms with Crippen LogP contribution in [0.2, 0.25) is 0 Å². The standard InChI is InChI=1S/C17H14N2.H2/c1-11-15(9-12-6-8-18-10-16(11)12)13-4-5-17-14(13)3-2-7-19-17;/h2-4,6-11H,5H2,1H3;1H. The first-order valence-corrected chi connectivity index (χ1v) is 6.65. The maximum atomic E-state index is 4.46. The lowest BCUT2D eigenvalue weighted by Crippen LogP contribution is -1.96. The summed E-state index contributed by atoms with van der Waals surface area (Å²) in [6.45, 7) is 2.26. The van der Waals surface area contributed by atoms with Crippen LogP contribution in [-0.4, -0.2) is 9.97 Å². The Morgan fingerprint density at radius 3 is 3.11 bits per heavy atom. The Balaban J connectivity index is 0.00000121. The number of fused-ring (bicyclic) bond motifs is 2. The molecule has 0 spiro atoms. The van der Waals surface area contributed by atoms with Crippen LogP contribution in [0.15, 0.2) is 48.4 Å². The quantitative estimate of drug-likeness (QED) is 0.765. The minimum absolute atomic E-state index is 0. The van der Waals surface area contributed by atoms with Gasteiger partial charge in [0.1, 0.15) is 0 Å². The summed E-state index contributed by atoms with van der Waals surface area (Å²) < 4.78 is 0. The predicted octanol–water partition coefficient (Wildman–Crippen LogP) is 3.86. The normalized spacial score (nSPS) is 19.7. The fourth-order valence-electron chi connectivity index (χ4n) is 3.11. The molecule has 0 aliphatic heterocycles. The molecule has 0 saturated heterocycles. The van der Waals surface area contributed by atoms with E-state index in [-0.39, 0.29) is 1.43 Å². The molecule has 0 saturated carbocycles. The molecule has 0 N–H and O–H groups in total. The van der Waals surface area contributed by atoms with Crippen LogP contribution in [0.1, 0.15) is 36.7 Å². The zero-order valence-corrected chi connectivity index (χ0v) is 10.8. The van der Waals surface area contributed by atoms with Gasteiger partial charge in [0, 0.05) is 37.9 Å². The Morgan fingerprint density at radius 1 is 1.26 bits per heavy atom. The number of hydrogen-bond donors (Lipinski definition) is 0. The van der Waals surface area contributed by atoms with E-state index in [1.807, 2.05) is 24.7 Å². The lowest BCUT2D eigenvalue weighted by molar-refractivity contribution is 0.941. The predicted molar refractivity (Wildman–Crippen MR) is 78.7 cm³/mol. The van der Waals surface area contributed by atoms with Crippen molar-refractivity contribution in [3.8, 4) is 0 Å². The fourth-order valence-corrected chi connectivity index (χ4v) is 3.11. The van der Waals surface area contributed by atoms with E-state index in [0.717, 1.165) is 6.42 Å². The third kappa shape index (κ3) is 1.49. The highest BCUT2D eigenvalue weighted by atomic mass is 14.7. The summed E-state index contributed by atoms with van der Waals surface area (Å²) in [5.41, 5.74) is 7.87. The number of rotatable bonds is 1. The monoisotopic (exact) mass is 248 g/mol. The van der Waals surface area contributed by atoms with E-state index in [9.17, 15) is 0 Å². The van der Waals surface area contributed by atoms with Crippen LogP contribution in [-0.2, 0) is 6.42 Å². The molecule has 0 bridgehead atoms. The minimum atomic E-state index is 0. The molecule has 2 aromatic rings. The largest absolute Gasteiger partial charge is 0.264 e. The van der Waals surface area contributed by atoms with Crippen molar-refractivity contribution in [3.63, 3.8) is 0 Å². The van der Waals surface area contributed by atoms with E-state index in [1.165, 1.54) is 33.5 Å².